The van der Waals surface area contributed by atoms with Gasteiger partial charge >= 0.3 is 0 Å². The molecule has 8 nitrogen and oxygen atoms in total. The Kier molecular flexibility index (Phi) is 6.91. The first-order valence-corrected chi connectivity index (χ1v) is 12.1. The number of nitrogens with zero attached hydrogens (tertiary/aromatic N) is 3. The number of imidazole rings is 1. The van der Waals surface area contributed by atoms with Crippen molar-refractivity contribution in [3.05, 3.63) is 47.0 Å². The summed E-state index contributed by atoms with van der Waals surface area (Å²) >= 11 is 7.29. The van der Waals surface area contributed by atoms with Gasteiger partial charge in [-0.3, -0.25) is 4.79 Å². The monoisotopic (exact) mass is 477 g/mol. The van der Waals surface area contributed by atoms with Crippen molar-refractivity contribution in [2.45, 2.75) is 42.1 Å². The molecule has 0 saturated heterocycles. The van der Waals surface area contributed by atoms with E-state index in [-0.39, 0.29) is 15.8 Å². The Balaban J connectivity index is 1.85. The molecule has 0 aliphatic rings. The second-order valence-electron chi connectivity index (χ2n) is 6.80. The molecule has 1 aromatic heterocycles. The summed E-state index contributed by atoms with van der Waals surface area (Å²) in [7, 11) is -3.84. The van der Waals surface area contributed by atoms with Crippen LogP contribution in [0, 0.1) is 11.3 Å². The molecule has 0 aliphatic heterocycles. The van der Waals surface area contributed by atoms with Crippen molar-refractivity contribution in [3.63, 3.8) is 0 Å². The van der Waals surface area contributed by atoms with Gasteiger partial charge in [0.1, 0.15) is 6.07 Å². The van der Waals surface area contributed by atoms with Crippen LogP contribution in [-0.2, 0) is 21.4 Å². The molecule has 0 saturated carbocycles. The van der Waals surface area contributed by atoms with Crippen LogP contribution in [0.5, 0.6) is 0 Å². The number of carbonyl (C=O) groups excluding carboxylic acids is 1. The first-order valence-electron chi connectivity index (χ1n) is 9.34. The normalized spacial score (nSPS) is 12.5. The van der Waals surface area contributed by atoms with Crippen molar-refractivity contribution < 1.29 is 13.2 Å². The fourth-order valence-electron chi connectivity index (χ4n) is 2.93. The molecule has 0 fully saturated rings. The summed E-state index contributed by atoms with van der Waals surface area (Å²) in [5.74, 6) is -0.258. The summed E-state index contributed by atoms with van der Waals surface area (Å²) in [4.78, 5) is 17.2. The number of primary sulfonamides is 1. The van der Waals surface area contributed by atoms with Gasteiger partial charge in [0.25, 0.3) is 0 Å². The van der Waals surface area contributed by atoms with Gasteiger partial charge in [-0.05, 0) is 49.7 Å². The number of carbonyl (C=O) groups is 1. The molecule has 1 unspecified atom stereocenters. The van der Waals surface area contributed by atoms with Crippen LogP contribution in [0.15, 0.2) is 46.5 Å². The number of nitrogens with two attached hydrogens (primary N) is 1. The van der Waals surface area contributed by atoms with Crippen LogP contribution in [0.3, 0.4) is 0 Å². The smallest absolute Gasteiger partial charge is 0.238 e. The fourth-order valence-corrected chi connectivity index (χ4v) is 4.64. The largest absolute Gasteiger partial charge is 0.325 e. The molecule has 162 valence electrons. The predicted molar refractivity (Wildman–Crippen MR) is 122 cm³/mol. The SMILES string of the molecule is CCCn1c(SC(C)C(=O)Nc2ccc(C#N)c(Cl)c2)nc2cc(S(N)(=O)=O)ccc21. The maximum Gasteiger partial charge on any atom is 0.238 e. The Labute approximate surface area is 189 Å². The number of amides is 1. The highest BCUT2D eigenvalue weighted by atomic mass is 35.5. The summed E-state index contributed by atoms with van der Waals surface area (Å²) in [5.41, 5.74) is 2.08. The van der Waals surface area contributed by atoms with E-state index in [1.807, 2.05) is 17.6 Å². The number of sulfonamides is 1. The number of aromatic nitrogens is 2. The van der Waals surface area contributed by atoms with Crippen LogP contribution in [0.25, 0.3) is 11.0 Å². The van der Waals surface area contributed by atoms with Gasteiger partial charge in [0, 0.05) is 12.2 Å². The quantitative estimate of drug-likeness (QED) is 0.498. The summed E-state index contributed by atoms with van der Waals surface area (Å²) in [5, 5.41) is 17.3. The average molecular weight is 478 g/mol. The Morgan fingerprint density at radius 3 is 2.71 bits per heavy atom. The lowest BCUT2D eigenvalue weighted by atomic mass is 10.2. The van der Waals surface area contributed by atoms with Gasteiger partial charge in [0.2, 0.25) is 15.9 Å². The first-order chi connectivity index (χ1) is 14.6. The van der Waals surface area contributed by atoms with Crippen molar-refractivity contribution >= 4 is 56.0 Å². The van der Waals surface area contributed by atoms with E-state index in [4.69, 9.17) is 22.0 Å². The zero-order valence-electron chi connectivity index (χ0n) is 16.8. The molecule has 0 aliphatic carbocycles. The molecule has 3 rings (SSSR count). The molecule has 1 amide bonds. The van der Waals surface area contributed by atoms with E-state index in [2.05, 4.69) is 10.3 Å². The summed E-state index contributed by atoms with van der Waals surface area (Å²) in [6.07, 6.45) is 0.834. The zero-order chi connectivity index (χ0) is 22.8. The number of rotatable bonds is 7. The topological polar surface area (TPSA) is 131 Å². The van der Waals surface area contributed by atoms with Crippen molar-refractivity contribution in [1.82, 2.24) is 9.55 Å². The van der Waals surface area contributed by atoms with Crippen molar-refractivity contribution in [2.75, 3.05) is 5.32 Å². The van der Waals surface area contributed by atoms with Crippen molar-refractivity contribution in [1.29, 1.82) is 5.26 Å². The number of halogens is 1. The van der Waals surface area contributed by atoms with Crippen LogP contribution in [0.4, 0.5) is 5.69 Å². The Morgan fingerprint density at radius 2 is 2.10 bits per heavy atom. The molecule has 11 heteroatoms. The Hall–Kier alpha value is -2.58. The van der Waals surface area contributed by atoms with Gasteiger partial charge < -0.3 is 9.88 Å². The molecular formula is C20H20ClN5O3S2. The summed E-state index contributed by atoms with van der Waals surface area (Å²) < 4.78 is 25.3. The predicted octanol–water partition coefficient (Wildman–Crippen LogP) is 3.74. The molecule has 0 radical (unpaired) electrons. The van der Waals surface area contributed by atoms with Gasteiger partial charge in [-0.15, -0.1) is 0 Å². The maximum atomic E-state index is 12.7. The number of anilines is 1. The molecule has 1 atom stereocenters. The lowest BCUT2D eigenvalue weighted by molar-refractivity contribution is -0.115. The van der Waals surface area contributed by atoms with Crippen molar-refractivity contribution in [3.8, 4) is 6.07 Å². The van der Waals surface area contributed by atoms with Gasteiger partial charge in [-0.25, -0.2) is 18.5 Å². The molecule has 3 N–H and O–H groups in total. The standard InChI is InChI=1S/C20H20ClN5O3S2/c1-3-8-26-18-7-6-15(31(23,28)29)10-17(18)25-20(26)30-12(2)19(27)24-14-5-4-13(11-22)16(21)9-14/h4-7,9-10,12H,3,8H2,1-2H3,(H,24,27)(H2,23,28,29). The molecule has 1 heterocycles. The third-order valence-electron chi connectivity index (χ3n) is 4.47. The first kappa shape index (κ1) is 23.1. The Bertz CT molecular complexity index is 1300. The number of nitrogens with one attached hydrogen (secondary N) is 1. The second-order valence-corrected chi connectivity index (χ2v) is 10.1. The minimum Gasteiger partial charge on any atom is -0.325 e. The van der Waals surface area contributed by atoms with E-state index in [9.17, 15) is 13.2 Å². The van der Waals surface area contributed by atoms with Gasteiger partial charge in [0.15, 0.2) is 5.16 Å². The zero-order valence-corrected chi connectivity index (χ0v) is 19.2. The summed E-state index contributed by atoms with van der Waals surface area (Å²) in [6.45, 7) is 4.42. The number of benzene rings is 2. The lowest BCUT2D eigenvalue weighted by Gasteiger charge is -2.13. The van der Waals surface area contributed by atoms with Gasteiger partial charge in [-0.2, -0.15) is 5.26 Å². The molecule has 31 heavy (non-hydrogen) atoms. The third-order valence-corrected chi connectivity index (χ3v) is 6.78. The molecule has 0 spiro atoms. The molecule has 2 aromatic carbocycles. The van der Waals surface area contributed by atoms with Crippen LogP contribution in [-0.4, -0.2) is 29.1 Å². The number of fused-ring (bicyclic) bond motifs is 1. The highest BCUT2D eigenvalue weighted by Gasteiger charge is 2.21. The minimum absolute atomic E-state index is 0.0128. The number of hydrogen-bond acceptors (Lipinski definition) is 6. The van der Waals surface area contributed by atoms with Crippen LogP contribution >= 0.6 is 23.4 Å². The van der Waals surface area contributed by atoms with E-state index in [1.54, 1.807) is 25.1 Å². The highest BCUT2D eigenvalue weighted by Crippen LogP contribution is 2.30. The third kappa shape index (κ3) is 5.19. The van der Waals surface area contributed by atoms with Gasteiger partial charge in [-0.1, -0.05) is 30.3 Å². The molecule has 3 aromatic rings. The molecular weight excluding hydrogens is 458 g/mol. The minimum atomic E-state index is -3.84. The molecule has 0 bridgehead atoms. The van der Waals surface area contributed by atoms with E-state index in [1.165, 1.54) is 30.0 Å². The number of nitriles is 1. The van der Waals surface area contributed by atoms with Crippen molar-refractivity contribution in [2.24, 2.45) is 5.14 Å². The fraction of sp³-hybridized carbons (Fsp3) is 0.250. The van der Waals surface area contributed by atoms with Crippen LogP contribution in [0.2, 0.25) is 5.02 Å². The highest BCUT2D eigenvalue weighted by molar-refractivity contribution is 8.00. The van der Waals surface area contributed by atoms with Crippen LogP contribution < -0.4 is 10.5 Å². The average Bonchev–Trinajstić information content (AvgIpc) is 3.04. The number of hydrogen-bond donors (Lipinski definition) is 2. The van der Waals surface area contributed by atoms with Crippen LogP contribution in [0.1, 0.15) is 25.8 Å². The number of thioether (sulfide) groups is 1. The van der Waals surface area contributed by atoms with E-state index >= 15 is 0 Å². The van der Waals surface area contributed by atoms with E-state index < -0.39 is 15.3 Å². The lowest BCUT2D eigenvalue weighted by Crippen LogP contribution is -2.23. The second kappa shape index (κ2) is 9.28. The number of aryl methyl sites for hydroxylation is 1. The Morgan fingerprint density at radius 1 is 1.35 bits per heavy atom. The van der Waals surface area contributed by atoms with E-state index in [0.29, 0.717) is 28.5 Å². The maximum absolute atomic E-state index is 12.7. The van der Waals surface area contributed by atoms with Gasteiger partial charge in [0.05, 0.1) is 31.8 Å². The van der Waals surface area contributed by atoms with E-state index in [0.717, 1.165) is 11.9 Å². The summed E-state index contributed by atoms with van der Waals surface area (Å²) in [6, 6.07) is 11.2.